The van der Waals surface area contributed by atoms with E-state index in [-0.39, 0.29) is 264 Å². The molecule has 40 heteroatoms. The van der Waals surface area contributed by atoms with Gasteiger partial charge in [0.05, 0.1) is 47.6 Å². The number of nitrogens with one attached hydrogen (secondary N) is 2. The Morgan fingerprint density at radius 2 is 0.991 bits per heavy atom. The van der Waals surface area contributed by atoms with Crippen LogP contribution in [-0.4, -0.2) is 202 Å². The minimum Gasteiger partial charge on any atom is -1.00 e. The van der Waals surface area contributed by atoms with Gasteiger partial charge in [-0.2, -0.15) is 28.4 Å². The predicted octanol–water partition coefficient (Wildman–Crippen LogP) is -2.29. The minimum atomic E-state index is -1.00. The number of amides is 2. The molecule has 4 aromatic carbocycles. The summed E-state index contributed by atoms with van der Waals surface area (Å²) < 4.78 is 29.5. The molecule has 0 saturated heterocycles. The van der Waals surface area contributed by atoms with E-state index < -0.39 is 35.2 Å². The first kappa shape index (κ1) is 121. The van der Waals surface area contributed by atoms with Gasteiger partial charge in [0.2, 0.25) is 0 Å². The van der Waals surface area contributed by atoms with E-state index in [0.717, 1.165) is 98.9 Å². The summed E-state index contributed by atoms with van der Waals surface area (Å²) in [6, 6.07) is 40.8. The molecule has 2 amide bonds. The summed E-state index contributed by atoms with van der Waals surface area (Å²) in [4.78, 5) is 90.8. The van der Waals surface area contributed by atoms with Crippen LogP contribution in [0.1, 0.15) is 92.9 Å². The second kappa shape index (κ2) is 71.0. The number of aromatic nitrogens is 4. The van der Waals surface area contributed by atoms with Crippen molar-refractivity contribution in [2.75, 3.05) is 91.6 Å². The van der Waals surface area contributed by atoms with Crippen LogP contribution in [0.4, 0.5) is 9.59 Å². The number of carboxylic acid groups (broad SMARTS) is 2. The molecule has 8 aromatic rings. The number of carbonyl (C=O) groups is 6. The molecule has 9 rings (SSSR count). The van der Waals surface area contributed by atoms with Gasteiger partial charge in [0.15, 0.2) is 6.04 Å². The number of halogens is 2. The average Bonchev–Trinajstić information content (AvgIpc) is 1.48. The van der Waals surface area contributed by atoms with Crippen LogP contribution < -0.4 is 247 Å². The molecule has 605 valence electrons. The summed E-state index contributed by atoms with van der Waals surface area (Å²) in [5.74, 6) is 1.93. The third-order valence-corrected chi connectivity index (χ3v) is 15.1. The average molecular weight is 1910 g/mol. The summed E-state index contributed by atoms with van der Waals surface area (Å²) in [5.41, 5.74) is 9.10. The van der Waals surface area contributed by atoms with E-state index in [0.29, 0.717) is 73.1 Å². The Bertz CT molecular complexity index is 4460. The Morgan fingerprint density at radius 1 is 0.647 bits per heavy atom. The number of alkyl halides is 1. The van der Waals surface area contributed by atoms with Crippen molar-refractivity contribution in [1.29, 1.82) is 15.8 Å². The molecule has 0 saturated carbocycles. The van der Waals surface area contributed by atoms with Gasteiger partial charge in [-0.1, -0.05) is 6.07 Å². The van der Waals surface area contributed by atoms with Crippen molar-refractivity contribution in [3.05, 3.63) is 151 Å². The number of nitrogens with zero attached hydrogens (tertiary/aromatic N) is 10. The Morgan fingerprint density at radius 3 is 1.30 bits per heavy atom. The Kier molecular flexibility index (Phi) is 74.0. The monoisotopic (exact) mass is 1910 g/mol. The molecule has 0 fully saturated rings. The number of nitriles is 3. The molecule has 1 aliphatic rings. The number of thiol groups is 1. The minimum absolute atomic E-state index is 0. The van der Waals surface area contributed by atoms with Crippen molar-refractivity contribution < 1.29 is 315 Å². The number of carboxylic acids is 2. The molecule has 0 bridgehead atoms. The topological polar surface area (TPSA) is 466 Å². The van der Waals surface area contributed by atoms with Gasteiger partial charge in [0.25, 0.3) is 12.9 Å². The molecule has 116 heavy (non-hydrogen) atoms. The molecule has 1 aliphatic heterocycles. The number of fused-ring (bicyclic) bond motifs is 4. The molecule has 31 nitrogen and oxygen atoms in total. The van der Waals surface area contributed by atoms with Crippen LogP contribution in [0.3, 0.4) is 0 Å². The van der Waals surface area contributed by atoms with E-state index in [1.165, 1.54) is 16.7 Å². The van der Waals surface area contributed by atoms with Gasteiger partial charge in [-0.25, -0.2) is 34.3 Å². The van der Waals surface area contributed by atoms with Gasteiger partial charge in [0.1, 0.15) is 80.6 Å². The second-order valence-corrected chi connectivity index (χ2v) is 26.7. The summed E-state index contributed by atoms with van der Waals surface area (Å²) in [6.45, 7) is 15.6. The van der Waals surface area contributed by atoms with Crippen molar-refractivity contribution in [2.24, 2.45) is 10.7 Å². The summed E-state index contributed by atoms with van der Waals surface area (Å²) >= 11 is 12.3. The molecule has 0 spiro atoms. The molecule has 5 heterocycles. The van der Waals surface area contributed by atoms with Crippen molar-refractivity contribution in [1.82, 2.24) is 40.4 Å². The Balaban J connectivity index is -0.000000248. The normalized spacial score (nSPS) is 11.1. The molecule has 1 radical (unpaired) electrons. The zero-order valence-corrected chi connectivity index (χ0v) is 85.8. The van der Waals surface area contributed by atoms with Crippen LogP contribution in [0.2, 0.25) is 0 Å². The maximum Gasteiger partial charge on any atom is 1.00 e. The number of ether oxygens (including phenoxy) is 5. The van der Waals surface area contributed by atoms with Crippen LogP contribution in [0.5, 0.6) is 23.0 Å². The van der Waals surface area contributed by atoms with E-state index in [9.17, 15) is 19.2 Å². The zero-order valence-electron chi connectivity index (χ0n) is 69.3. The second-order valence-electron chi connectivity index (χ2n) is 24.4. The van der Waals surface area contributed by atoms with Crippen LogP contribution >= 0.6 is 58.6 Å². The Hall–Kier alpha value is -3.51. The number of rotatable bonds is 24. The number of phenolic OH excluding ortho intramolecular Hbond substituents is 1. The van der Waals surface area contributed by atoms with E-state index in [2.05, 4.69) is 58.0 Å². The third kappa shape index (κ3) is 54.1. The van der Waals surface area contributed by atoms with E-state index in [1.54, 1.807) is 84.1 Å². The molecular weight excluding hydrogens is 1820 g/mol. The summed E-state index contributed by atoms with van der Waals surface area (Å²) in [7, 11) is 7.27. The number of nitrogens with two attached hydrogens (primary N) is 1. The van der Waals surface area contributed by atoms with Crippen molar-refractivity contribution in [3.63, 3.8) is 0 Å². The number of benzene rings is 4. The van der Waals surface area contributed by atoms with Crippen LogP contribution in [0.15, 0.2) is 126 Å². The molecule has 0 aliphatic carbocycles. The van der Waals surface area contributed by atoms with Gasteiger partial charge >= 0.3 is 230 Å². The third-order valence-electron chi connectivity index (χ3n) is 13.4. The van der Waals surface area contributed by atoms with E-state index in [4.69, 9.17) is 98.7 Å². The molecule has 7 N–H and O–H groups in total. The first-order chi connectivity index (χ1) is 52.9. The predicted molar refractivity (Wildman–Crippen MR) is 432 cm³/mol. The number of aliphatic carboxylic acids is 2. The number of phenols is 1. The number of carbonyl (C=O) groups excluding carboxylic acids is 4. The Labute approximate surface area is 889 Å². The van der Waals surface area contributed by atoms with Crippen molar-refractivity contribution in [3.8, 4) is 45.1 Å². The fourth-order valence-corrected chi connectivity index (χ4v) is 9.52. The van der Waals surface area contributed by atoms with Gasteiger partial charge < -0.3 is 94.7 Å². The first-order valence-electron chi connectivity index (χ1n) is 33.5. The molecular formula is C76H92ClIK4N13O18S2V-. The van der Waals surface area contributed by atoms with Crippen molar-refractivity contribution in [2.45, 2.75) is 90.5 Å². The zero-order chi connectivity index (χ0) is 83.3. The van der Waals surface area contributed by atoms with Gasteiger partial charge in [0, 0.05) is 84.7 Å². The number of hydrogen-bond acceptors (Lipinski definition) is 29. The molecule has 2 atom stereocenters. The van der Waals surface area contributed by atoms with Crippen LogP contribution in [0, 0.1) is 44.3 Å². The van der Waals surface area contributed by atoms with E-state index in [1.807, 2.05) is 157 Å². The number of thioether (sulfide) groups is 1. The van der Waals surface area contributed by atoms with Crippen molar-refractivity contribution >= 4 is 144 Å². The van der Waals surface area contributed by atoms with E-state index >= 15 is 0 Å². The van der Waals surface area contributed by atoms with Gasteiger partial charge in [-0.3, -0.25) is 23.3 Å². The maximum atomic E-state index is 11.9. The number of aromatic hydroxyl groups is 1. The SMILES string of the molecule is CN(CCCCl)C(=O)OC(C)(C)C.CN(CCCOc1ccc2nc(C#N)ccc2c1)C(=O)OC(C)(C)C.CNCCCOc1ccc2nc(C#N)ccc2c1.CNCCCOc1ccc2nc(C3=N[C@@H](C(=O)O)CS3)ccc2c1.N#Cc1ccc2cc(O)ccc2n1.N[C@H](CS)C(=O)O.O=CO[O-].O=CO[O-].[C-]#CI.[H-].[H-].[K+].[K+].[K+].[K+].[V]. The van der Waals surface area contributed by atoms with Gasteiger partial charge in [-0.15, -0.1) is 23.4 Å². The standard InChI is InChI=1S/C19H23N3O3.C17H19N3O3S.C14H15N3O.C10H6N2O.C9H18ClNO2.C3H7NO2S.C2I.2CH2O3.4K.V.2H/c1-19(2,3)25-18(23)22(4)10-5-11-24-16-8-9-17-14(12-16)6-7-15(13-20)21-17;1-18-7-2-8-23-12-4-6-13-11(9-12)3-5-14(19-13)16-20-15(10-24-16)17(21)22;1-16-7-2-8-18-13-5-6-14-11(9-13)3-4-12(10-15)17-14;11-6-8-2-1-7-5-9(13)3-4-10(7)12-8;1-9(2,3)13-8(12)11(4)7-5-6-10;4-2(1-7)3(5)6;1-2-3;2*2-1-4-3;;;;;;;/h6-9,12H,5,10-11H2,1-4H3;3-6,9,15,18H,2,7-8,10H2,1H3,(H,21,22);3-6,9,16H,2,7-8H2,1H3;1-5,13H;5-7H2,1-4H3;2,7H,1,4H2,(H,5,6);;2*1,3H;;;;;;;/q;;;;;;-1;;;4*+1;;2*-1/p-2/t;15-;;;;2-;;;;;;;;;;/m.1...1........../s1. The fraction of sp³-hybridized carbons (Fsp3) is 0.368. The van der Waals surface area contributed by atoms with Crippen LogP contribution in [-0.2, 0) is 57.0 Å². The molecule has 4 aromatic heterocycles. The summed E-state index contributed by atoms with van der Waals surface area (Å²) in [5, 5.41) is 79.9. The largest absolute Gasteiger partial charge is 1.00 e. The fourth-order valence-electron chi connectivity index (χ4n) is 8.25. The quantitative estimate of drug-likeness (QED) is 0.00320. The first-order valence-corrected chi connectivity index (χ1v) is 36.7. The number of aliphatic imine (C=N–C) groups is 1. The van der Waals surface area contributed by atoms with Gasteiger partial charge in [-0.05, 0) is 232 Å². The number of pyridine rings is 4. The maximum absolute atomic E-state index is 11.9. The number of hydrogen-bond donors (Lipinski definition) is 7. The van der Waals surface area contributed by atoms with Crippen LogP contribution in [0.25, 0.3) is 43.6 Å². The summed E-state index contributed by atoms with van der Waals surface area (Å²) in [6.07, 6.45) is 8.72. The molecule has 0 unspecified atom stereocenters. The smallest absolute Gasteiger partial charge is 1.00 e.